The smallest absolute Gasteiger partial charge is 0.213 e. The second kappa shape index (κ2) is 6.30. The number of aromatic nitrogens is 1. The Labute approximate surface area is 127 Å². The first-order valence-electron chi connectivity index (χ1n) is 6.64. The molecule has 0 amide bonds. The molecule has 0 N–H and O–H groups in total. The van der Waals surface area contributed by atoms with Gasteiger partial charge in [-0.25, -0.2) is 4.98 Å². The standard InChI is InChI=1S/C17H15NO4/c1-10(20)12-4-5-13(15(8-12)11(2)21)14-6-7-17(22-3)18-16(14)9-19/h4-9H,1-3H3. The number of methoxy groups -OCH3 is 1. The summed E-state index contributed by atoms with van der Waals surface area (Å²) in [7, 11) is 1.46. The lowest BCUT2D eigenvalue weighted by Gasteiger charge is -2.11. The molecular formula is C17H15NO4. The lowest BCUT2D eigenvalue weighted by molar-refractivity contribution is 0.101. The summed E-state index contributed by atoms with van der Waals surface area (Å²) in [4.78, 5) is 38.7. The van der Waals surface area contributed by atoms with Crippen LogP contribution in [0.2, 0.25) is 0 Å². The van der Waals surface area contributed by atoms with E-state index >= 15 is 0 Å². The summed E-state index contributed by atoms with van der Waals surface area (Å²) in [6.07, 6.45) is 0.612. The van der Waals surface area contributed by atoms with Crippen molar-refractivity contribution in [2.45, 2.75) is 13.8 Å². The molecule has 1 aromatic heterocycles. The van der Waals surface area contributed by atoms with Crippen molar-refractivity contribution in [3.8, 4) is 17.0 Å². The summed E-state index contributed by atoms with van der Waals surface area (Å²) in [5.74, 6) is -0.00105. The molecule has 0 saturated carbocycles. The molecule has 112 valence electrons. The summed E-state index contributed by atoms with van der Waals surface area (Å²) in [6, 6.07) is 8.11. The summed E-state index contributed by atoms with van der Waals surface area (Å²) < 4.78 is 4.99. The fourth-order valence-electron chi connectivity index (χ4n) is 2.18. The molecule has 0 aliphatic rings. The average molecular weight is 297 g/mol. The highest BCUT2D eigenvalue weighted by atomic mass is 16.5. The number of hydrogen-bond donors (Lipinski definition) is 0. The number of carbonyl (C=O) groups excluding carboxylic acids is 3. The Kier molecular flexibility index (Phi) is 4.46. The summed E-state index contributed by atoms with van der Waals surface area (Å²) in [6.45, 7) is 2.85. The van der Waals surface area contributed by atoms with Gasteiger partial charge in [0.05, 0.1) is 7.11 Å². The molecule has 0 unspecified atom stereocenters. The van der Waals surface area contributed by atoms with Gasteiger partial charge in [0.2, 0.25) is 5.88 Å². The van der Waals surface area contributed by atoms with Gasteiger partial charge in [0.15, 0.2) is 17.9 Å². The van der Waals surface area contributed by atoms with Crippen LogP contribution in [0.1, 0.15) is 45.1 Å². The number of benzene rings is 1. The third-order valence-corrected chi connectivity index (χ3v) is 3.32. The zero-order valence-electron chi connectivity index (χ0n) is 12.5. The van der Waals surface area contributed by atoms with Crippen molar-refractivity contribution in [1.29, 1.82) is 0 Å². The second-order valence-corrected chi connectivity index (χ2v) is 4.78. The van der Waals surface area contributed by atoms with E-state index in [2.05, 4.69) is 4.98 Å². The largest absolute Gasteiger partial charge is 0.481 e. The number of rotatable bonds is 5. The Morgan fingerprint density at radius 1 is 1.05 bits per heavy atom. The first-order valence-corrected chi connectivity index (χ1v) is 6.64. The minimum Gasteiger partial charge on any atom is -0.481 e. The summed E-state index contributed by atoms with van der Waals surface area (Å²) >= 11 is 0. The maximum Gasteiger partial charge on any atom is 0.213 e. The third kappa shape index (κ3) is 2.93. The number of ketones is 2. The lowest BCUT2D eigenvalue weighted by atomic mass is 9.94. The van der Waals surface area contributed by atoms with Gasteiger partial charge >= 0.3 is 0 Å². The Morgan fingerprint density at radius 3 is 2.27 bits per heavy atom. The monoisotopic (exact) mass is 297 g/mol. The van der Waals surface area contributed by atoms with Crippen LogP contribution in [0.4, 0.5) is 0 Å². The van der Waals surface area contributed by atoms with Crippen LogP contribution < -0.4 is 4.74 Å². The zero-order chi connectivity index (χ0) is 16.3. The van der Waals surface area contributed by atoms with Gasteiger partial charge in [-0.15, -0.1) is 0 Å². The van der Waals surface area contributed by atoms with Crippen LogP contribution in [-0.2, 0) is 0 Å². The molecule has 0 aliphatic heterocycles. The summed E-state index contributed by atoms with van der Waals surface area (Å²) in [5.41, 5.74) is 2.09. The van der Waals surface area contributed by atoms with Gasteiger partial charge in [0, 0.05) is 22.8 Å². The molecule has 0 fully saturated rings. The molecule has 2 rings (SSSR count). The average Bonchev–Trinajstić information content (AvgIpc) is 2.53. The van der Waals surface area contributed by atoms with E-state index in [9.17, 15) is 14.4 Å². The zero-order valence-corrected chi connectivity index (χ0v) is 12.5. The van der Waals surface area contributed by atoms with Gasteiger partial charge in [0.25, 0.3) is 0 Å². The van der Waals surface area contributed by atoms with Crippen molar-refractivity contribution in [1.82, 2.24) is 4.98 Å². The van der Waals surface area contributed by atoms with Crippen LogP contribution >= 0.6 is 0 Å². The molecule has 0 spiro atoms. The molecule has 1 aromatic carbocycles. The molecule has 2 aromatic rings. The van der Waals surface area contributed by atoms with E-state index in [1.807, 2.05) is 0 Å². The van der Waals surface area contributed by atoms with Crippen LogP contribution in [0, 0.1) is 0 Å². The Morgan fingerprint density at radius 2 is 1.73 bits per heavy atom. The molecule has 5 nitrogen and oxygen atoms in total. The minimum atomic E-state index is -0.189. The Balaban J connectivity index is 2.69. The predicted molar refractivity (Wildman–Crippen MR) is 81.6 cm³/mol. The molecule has 22 heavy (non-hydrogen) atoms. The fraction of sp³-hybridized carbons (Fsp3) is 0.176. The van der Waals surface area contributed by atoms with Crippen LogP contribution in [0.3, 0.4) is 0 Å². The third-order valence-electron chi connectivity index (χ3n) is 3.32. The molecular weight excluding hydrogens is 282 g/mol. The van der Waals surface area contributed by atoms with E-state index in [0.29, 0.717) is 34.4 Å². The molecule has 1 heterocycles. The second-order valence-electron chi connectivity index (χ2n) is 4.78. The van der Waals surface area contributed by atoms with E-state index in [1.54, 1.807) is 30.3 Å². The predicted octanol–water partition coefficient (Wildman–Crippen LogP) is 2.97. The minimum absolute atomic E-state index is 0.127. The first kappa shape index (κ1) is 15.6. The molecule has 0 bridgehead atoms. The van der Waals surface area contributed by atoms with Gasteiger partial charge in [-0.2, -0.15) is 0 Å². The fourth-order valence-corrected chi connectivity index (χ4v) is 2.18. The lowest BCUT2D eigenvalue weighted by Crippen LogP contribution is -2.03. The first-order chi connectivity index (χ1) is 10.5. The van der Waals surface area contributed by atoms with E-state index in [4.69, 9.17) is 4.74 Å². The highest BCUT2D eigenvalue weighted by Gasteiger charge is 2.16. The highest BCUT2D eigenvalue weighted by Crippen LogP contribution is 2.28. The number of Topliss-reactive ketones (excluding diaryl/α,β-unsaturated/α-hetero) is 2. The number of nitrogens with zero attached hydrogens (tertiary/aromatic N) is 1. The van der Waals surface area contributed by atoms with Gasteiger partial charge in [0.1, 0.15) is 5.69 Å². The van der Waals surface area contributed by atoms with Gasteiger partial charge in [-0.05, 0) is 31.5 Å². The Bertz CT molecular complexity index is 765. The molecule has 0 atom stereocenters. The normalized spacial score (nSPS) is 10.1. The maximum absolute atomic E-state index is 11.9. The van der Waals surface area contributed by atoms with Gasteiger partial charge < -0.3 is 4.74 Å². The number of pyridine rings is 1. The van der Waals surface area contributed by atoms with Crippen molar-refractivity contribution in [2.75, 3.05) is 7.11 Å². The van der Waals surface area contributed by atoms with Crippen molar-refractivity contribution in [2.24, 2.45) is 0 Å². The van der Waals surface area contributed by atoms with Crippen LogP contribution in [0.5, 0.6) is 5.88 Å². The highest BCUT2D eigenvalue weighted by molar-refractivity contribution is 6.05. The number of ether oxygens (including phenoxy) is 1. The SMILES string of the molecule is COc1ccc(-c2ccc(C(C)=O)cc2C(C)=O)c(C=O)n1. The van der Waals surface area contributed by atoms with Crippen LogP contribution in [-0.4, -0.2) is 29.9 Å². The number of aldehydes is 1. The topological polar surface area (TPSA) is 73.3 Å². The van der Waals surface area contributed by atoms with E-state index < -0.39 is 0 Å². The van der Waals surface area contributed by atoms with Crippen molar-refractivity contribution in [3.05, 3.63) is 47.2 Å². The quantitative estimate of drug-likeness (QED) is 0.626. The van der Waals surface area contributed by atoms with E-state index in [0.717, 1.165) is 0 Å². The Hall–Kier alpha value is -2.82. The summed E-state index contributed by atoms with van der Waals surface area (Å²) in [5, 5.41) is 0. The van der Waals surface area contributed by atoms with Crippen molar-refractivity contribution < 1.29 is 19.1 Å². The van der Waals surface area contributed by atoms with Gasteiger partial charge in [-0.1, -0.05) is 12.1 Å². The molecule has 0 saturated heterocycles. The van der Waals surface area contributed by atoms with E-state index in [1.165, 1.54) is 21.0 Å². The molecule has 0 aliphatic carbocycles. The van der Waals surface area contributed by atoms with E-state index in [-0.39, 0.29) is 17.3 Å². The van der Waals surface area contributed by atoms with Crippen LogP contribution in [0.15, 0.2) is 30.3 Å². The molecule has 5 heteroatoms. The van der Waals surface area contributed by atoms with Crippen LogP contribution in [0.25, 0.3) is 11.1 Å². The van der Waals surface area contributed by atoms with Crippen molar-refractivity contribution >= 4 is 17.9 Å². The number of carbonyl (C=O) groups is 3. The molecule has 0 radical (unpaired) electrons. The van der Waals surface area contributed by atoms with Gasteiger partial charge in [-0.3, -0.25) is 14.4 Å². The number of hydrogen-bond acceptors (Lipinski definition) is 5. The maximum atomic E-state index is 11.9. The van der Waals surface area contributed by atoms with Crippen molar-refractivity contribution in [3.63, 3.8) is 0 Å².